The molecule has 0 saturated heterocycles. The molecular formula is C8H15N3S2. The Bertz CT molecular complexity index is 270. The highest BCUT2D eigenvalue weighted by Crippen LogP contribution is 2.18. The fraction of sp³-hybridized carbons (Fsp3) is 0.750. The standard InChI is InChI=1S/C8H15N3S2/c1-6(2)13-5-8-7(4-12)9-11(3)10-8/h6,12H,4-5H2,1-3H3. The van der Waals surface area contributed by atoms with Crippen LogP contribution in [0.15, 0.2) is 0 Å². The Balaban J connectivity index is 2.64. The van der Waals surface area contributed by atoms with Gasteiger partial charge in [-0.15, -0.1) is 0 Å². The van der Waals surface area contributed by atoms with E-state index in [0.29, 0.717) is 11.0 Å². The highest BCUT2D eigenvalue weighted by atomic mass is 32.2. The number of hydrogen-bond acceptors (Lipinski definition) is 4. The molecule has 13 heavy (non-hydrogen) atoms. The third-order valence-electron chi connectivity index (χ3n) is 1.57. The highest BCUT2D eigenvalue weighted by Gasteiger charge is 2.08. The van der Waals surface area contributed by atoms with Gasteiger partial charge in [-0.1, -0.05) is 13.8 Å². The van der Waals surface area contributed by atoms with Gasteiger partial charge in [0.25, 0.3) is 0 Å². The zero-order chi connectivity index (χ0) is 9.84. The SMILES string of the molecule is CC(C)SCc1nn(C)nc1CS. The molecule has 0 aliphatic carbocycles. The maximum atomic E-state index is 4.29. The van der Waals surface area contributed by atoms with E-state index >= 15 is 0 Å². The van der Waals surface area contributed by atoms with Crippen LogP contribution in [0.5, 0.6) is 0 Å². The van der Waals surface area contributed by atoms with E-state index in [1.54, 1.807) is 4.80 Å². The zero-order valence-electron chi connectivity index (χ0n) is 8.19. The summed E-state index contributed by atoms with van der Waals surface area (Å²) in [5.41, 5.74) is 2.06. The van der Waals surface area contributed by atoms with E-state index in [0.717, 1.165) is 17.1 Å². The minimum Gasteiger partial charge on any atom is -0.187 e. The summed E-state index contributed by atoms with van der Waals surface area (Å²) in [5.74, 6) is 1.60. The van der Waals surface area contributed by atoms with Crippen LogP contribution < -0.4 is 0 Å². The summed E-state index contributed by atoms with van der Waals surface area (Å²) >= 11 is 6.09. The number of aromatic nitrogens is 3. The Morgan fingerprint density at radius 2 is 2.00 bits per heavy atom. The smallest absolute Gasteiger partial charge is 0.0966 e. The molecule has 0 radical (unpaired) electrons. The first-order valence-electron chi connectivity index (χ1n) is 4.25. The first kappa shape index (κ1) is 10.9. The molecule has 1 heterocycles. The van der Waals surface area contributed by atoms with E-state index in [-0.39, 0.29) is 0 Å². The van der Waals surface area contributed by atoms with Gasteiger partial charge in [-0.3, -0.25) is 0 Å². The van der Waals surface area contributed by atoms with Crippen molar-refractivity contribution >= 4 is 24.4 Å². The summed E-state index contributed by atoms with van der Waals surface area (Å²) in [6, 6.07) is 0. The van der Waals surface area contributed by atoms with Crippen LogP contribution >= 0.6 is 24.4 Å². The van der Waals surface area contributed by atoms with Gasteiger partial charge in [0.1, 0.15) is 0 Å². The predicted molar refractivity (Wildman–Crippen MR) is 60.1 cm³/mol. The molecule has 1 aromatic rings. The highest BCUT2D eigenvalue weighted by molar-refractivity contribution is 7.99. The van der Waals surface area contributed by atoms with Crippen LogP contribution in [0.4, 0.5) is 0 Å². The Hall–Kier alpha value is -0.160. The first-order valence-corrected chi connectivity index (χ1v) is 5.93. The van der Waals surface area contributed by atoms with Gasteiger partial charge >= 0.3 is 0 Å². The average Bonchev–Trinajstić information content (AvgIpc) is 2.42. The van der Waals surface area contributed by atoms with Crippen molar-refractivity contribution in [1.82, 2.24) is 15.0 Å². The molecular weight excluding hydrogens is 202 g/mol. The minimum atomic E-state index is 0.634. The maximum absolute atomic E-state index is 4.29. The monoisotopic (exact) mass is 217 g/mol. The van der Waals surface area contributed by atoms with Crippen molar-refractivity contribution in [3.05, 3.63) is 11.4 Å². The molecule has 0 aliphatic rings. The van der Waals surface area contributed by atoms with E-state index < -0.39 is 0 Å². The van der Waals surface area contributed by atoms with Gasteiger partial charge in [-0.2, -0.15) is 39.4 Å². The maximum Gasteiger partial charge on any atom is 0.0966 e. The Morgan fingerprint density at radius 3 is 2.54 bits per heavy atom. The van der Waals surface area contributed by atoms with Crippen molar-refractivity contribution in [2.24, 2.45) is 7.05 Å². The van der Waals surface area contributed by atoms with Crippen LogP contribution in [-0.4, -0.2) is 20.2 Å². The van der Waals surface area contributed by atoms with E-state index in [1.165, 1.54) is 0 Å². The quantitative estimate of drug-likeness (QED) is 0.781. The Kier molecular flexibility index (Phi) is 4.12. The third kappa shape index (κ3) is 3.23. The number of nitrogens with zero attached hydrogens (tertiary/aromatic N) is 3. The predicted octanol–water partition coefficient (Wildman–Crippen LogP) is 1.89. The largest absolute Gasteiger partial charge is 0.187 e. The van der Waals surface area contributed by atoms with Gasteiger partial charge in [0.15, 0.2) is 0 Å². The lowest BCUT2D eigenvalue weighted by Gasteiger charge is -2.01. The topological polar surface area (TPSA) is 30.7 Å². The number of rotatable bonds is 4. The minimum absolute atomic E-state index is 0.634. The summed E-state index contributed by atoms with van der Waals surface area (Å²) in [5, 5.41) is 9.15. The molecule has 0 spiro atoms. The van der Waals surface area contributed by atoms with Crippen LogP contribution in [0, 0.1) is 0 Å². The van der Waals surface area contributed by atoms with Crippen LogP contribution in [0.25, 0.3) is 0 Å². The summed E-state index contributed by atoms with van der Waals surface area (Å²) in [6.45, 7) is 4.36. The van der Waals surface area contributed by atoms with Gasteiger partial charge in [0.2, 0.25) is 0 Å². The van der Waals surface area contributed by atoms with E-state index in [1.807, 2.05) is 18.8 Å². The molecule has 1 rings (SSSR count). The average molecular weight is 217 g/mol. The van der Waals surface area contributed by atoms with Gasteiger partial charge in [0, 0.05) is 18.6 Å². The first-order chi connectivity index (χ1) is 6.13. The molecule has 0 aliphatic heterocycles. The molecule has 0 atom stereocenters. The lowest BCUT2D eigenvalue weighted by Crippen LogP contribution is -1.94. The summed E-state index contributed by atoms with van der Waals surface area (Å²) in [7, 11) is 1.84. The molecule has 1 aromatic heterocycles. The molecule has 0 saturated carbocycles. The molecule has 5 heteroatoms. The summed E-state index contributed by atoms with van der Waals surface area (Å²) in [6.07, 6.45) is 0. The normalized spacial score (nSPS) is 11.2. The Labute approximate surface area is 88.7 Å². The van der Waals surface area contributed by atoms with Crippen molar-refractivity contribution in [1.29, 1.82) is 0 Å². The molecule has 0 unspecified atom stereocenters. The number of thiol groups is 1. The molecule has 0 bridgehead atoms. The number of aryl methyl sites for hydroxylation is 1. The van der Waals surface area contributed by atoms with Crippen LogP contribution in [0.3, 0.4) is 0 Å². The van der Waals surface area contributed by atoms with Gasteiger partial charge in [0.05, 0.1) is 11.4 Å². The molecule has 74 valence electrons. The fourth-order valence-electron chi connectivity index (χ4n) is 0.968. The van der Waals surface area contributed by atoms with Crippen LogP contribution in [0.2, 0.25) is 0 Å². The second kappa shape index (κ2) is 4.91. The van der Waals surface area contributed by atoms with Crippen molar-refractivity contribution < 1.29 is 0 Å². The number of hydrogen-bond donors (Lipinski definition) is 1. The molecule has 0 amide bonds. The molecule has 0 fully saturated rings. The van der Waals surface area contributed by atoms with Gasteiger partial charge in [-0.25, -0.2) is 0 Å². The lowest BCUT2D eigenvalue weighted by molar-refractivity contribution is 0.645. The van der Waals surface area contributed by atoms with E-state index in [4.69, 9.17) is 0 Å². The van der Waals surface area contributed by atoms with Gasteiger partial charge in [-0.05, 0) is 5.25 Å². The summed E-state index contributed by atoms with van der Waals surface area (Å²) < 4.78 is 0. The van der Waals surface area contributed by atoms with E-state index in [9.17, 15) is 0 Å². The van der Waals surface area contributed by atoms with Crippen molar-refractivity contribution in [2.45, 2.75) is 30.6 Å². The van der Waals surface area contributed by atoms with Gasteiger partial charge < -0.3 is 0 Å². The second-order valence-corrected chi connectivity index (χ2v) is 4.98. The van der Waals surface area contributed by atoms with E-state index in [2.05, 4.69) is 36.7 Å². The fourth-order valence-corrected chi connectivity index (χ4v) is 1.93. The van der Waals surface area contributed by atoms with Crippen molar-refractivity contribution in [3.8, 4) is 0 Å². The van der Waals surface area contributed by atoms with Crippen molar-refractivity contribution in [2.75, 3.05) is 0 Å². The summed E-state index contributed by atoms with van der Waals surface area (Å²) in [4.78, 5) is 1.61. The Morgan fingerprint density at radius 1 is 1.38 bits per heavy atom. The second-order valence-electron chi connectivity index (χ2n) is 3.10. The third-order valence-corrected chi connectivity index (χ3v) is 2.97. The molecule has 0 aromatic carbocycles. The number of thioether (sulfide) groups is 1. The van der Waals surface area contributed by atoms with Crippen LogP contribution in [-0.2, 0) is 18.6 Å². The molecule has 0 N–H and O–H groups in total. The molecule has 3 nitrogen and oxygen atoms in total. The lowest BCUT2D eigenvalue weighted by atomic mass is 10.4. The zero-order valence-corrected chi connectivity index (χ0v) is 9.90. The van der Waals surface area contributed by atoms with Crippen molar-refractivity contribution in [3.63, 3.8) is 0 Å². The van der Waals surface area contributed by atoms with Crippen LogP contribution in [0.1, 0.15) is 25.2 Å².